The summed E-state index contributed by atoms with van der Waals surface area (Å²) in [6.45, 7) is 6.75. The Bertz CT molecular complexity index is 813. The quantitative estimate of drug-likeness (QED) is 0.712. The van der Waals surface area contributed by atoms with Crippen molar-refractivity contribution in [1.82, 2.24) is 9.62 Å². The van der Waals surface area contributed by atoms with Gasteiger partial charge in [0, 0.05) is 42.3 Å². The average molecular weight is 458 g/mol. The third kappa shape index (κ3) is 4.55. The first-order chi connectivity index (χ1) is 12.8. The summed E-state index contributed by atoms with van der Waals surface area (Å²) < 4.78 is 29.0. The Morgan fingerprint density at radius 1 is 1.30 bits per heavy atom. The molecule has 27 heavy (non-hydrogen) atoms. The van der Waals surface area contributed by atoms with E-state index in [1.807, 2.05) is 13.0 Å². The average Bonchev–Trinajstić information content (AvgIpc) is 3.04. The lowest BCUT2D eigenvalue weighted by molar-refractivity contribution is -0.118. The summed E-state index contributed by atoms with van der Waals surface area (Å²) in [5.41, 5.74) is 1.72. The molecule has 1 aromatic carbocycles. The predicted octanol–water partition coefficient (Wildman–Crippen LogP) is 2.90. The minimum Gasteiger partial charge on any atom is -0.312 e. The van der Waals surface area contributed by atoms with Crippen LogP contribution >= 0.6 is 15.9 Å². The number of rotatable bonds is 6. The number of carbonyl (C=O) groups is 1. The van der Waals surface area contributed by atoms with Crippen molar-refractivity contribution in [1.29, 1.82) is 0 Å². The highest BCUT2D eigenvalue weighted by molar-refractivity contribution is 9.10. The zero-order chi connectivity index (χ0) is 19.6. The van der Waals surface area contributed by atoms with Gasteiger partial charge in [0.25, 0.3) is 0 Å². The highest BCUT2D eigenvalue weighted by Crippen LogP contribution is 2.35. The van der Waals surface area contributed by atoms with Crippen LogP contribution in [0.15, 0.2) is 21.5 Å². The number of sulfonamides is 1. The van der Waals surface area contributed by atoms with Gasteiger partial charge in [-0.2, -0.15) is 0 Å². The van der Waals surface area contributed by atoms with Crippen LogP contribution in [0.2, 0.25) is 0 Å². The molecular formula is C19H28BrN3O3S. The Morgan fingerprint density at radius 2 is 2.07 bits per heavy atom. The van der Waals surface area contributed by atoms with Gasteiger partial charge in [-0.25, -0.2) is 13.1 Å². The van der Waals surface area contributed by atoms with E-state index in [0.29, 0.717) is 36.6 Å². The molecule has 1 amide bonds. The summed E-state index contributed by atoms with van der Waals surface area (Å²) in [5.74, 6) is 0.0199. The predicted molar refractivity (Wildman–Crippen MR) is 111 cm³/mol. The molecule has 1 fully saturated rings. The molecule has 0 bridgehead atoms. The van der Waals surface area contributed by atoms with Crippen LogP contribution in [0.25, 0.3) is 0 Å². The number of fused-ring (bicyclic) bond motifs is 1. The third-order valence-corrected chi connectivity index (χ3v) is 7.97. The van der Waals surface area contributed by atoms with Gasteiger partial charge in [0.15, 0.2) is 0 Å². The molecule has 0 aromatic heterocycles. The van der Waals surface area contributed by atoms with Gasteiger partial charge in [0.05, 0.1) is 4.90 Å². The van der Waals surface area contributed by atoms with Crippen molar-refractivity contribution in [2.75, 3.05) is 31.1 Å². The van der Waals surface area contributed by atoms with Crippen molar-refractivity contribution in [3.63, 3.8) is 0 Å². The molecule has 0 saturated carbocycles. The largest absolute Gasteiger partial charge is 0.312 e. The Hall–Kier alpha value is -0.960. The molecule has 1 aromatic rings. The summed E-state index contributed by atoms with van der Waals surface area (Å²) in [7, 11) is -3.65. The fraction of sp³-hybridized carbons (Fsp3) is 0.632. The first kappa shape index (κ1) is 20.8. The van der Waals surface area contributed by atoms with E-state index in [2.05, 4.69) is 32.5 Å². The number of halogens is 1. The lowest BCUT2D eigenvalue weighted by Crippen LogP contribution is -2.42. The molecule has 0 aliphatic carbocycles. The van der Waals surface area contributed by atoms with Crippen LogP contribution < -0.4 is 9.62 Å². The maximum atomic E-state index is 12.9. The van der Waals surface area contributed by atoms with Gasteiger partial charge in [0.1, 0.15) is 0 Å². The lowest BCUT2D eigenvalue weighted by Gasteiger charge is -2.33. The van der Waals surface area contributed by atoms with Crippen LogP contribution in [0.4, 0.5) is 5.69 Å². The summed E-state index contributed by atoms with van der Waals surface area (Å²) in [6.07, 6.45) is 4.75. The Balaban J connectivity index is 1.73. The summed E-state index contributed by atoms with van der Waals surface area (Å²) in [4.78, 5) is 16.4. The zero-order valence-corrected chi connectivity index (χ0v) is 18.4. The molecule has 0 spiro atoms. The topological polar surface area (TPSA) is 69.7 Å². The Labute approximate surface area is 170 Å². The molecular weight excluding hydrogens is 430 g/mol. The monoisotopic (exact) mass is 457 g/mol. The van der Waals surface area contributed by atoms with E-state index in [1.165, 1.54) is 19.3 Å². The third-order valence-electron chi connectivity index (χ3n) is 5.55. The molecule has 1 N–H and O–H groups in total. The number of piperidine rings is 1. The van der Waals surface area contributed by atoms with E-state index >= 15 is 0 Å². The molecule has 2 aliphatic rings. The van der Waals surface area contributed by atoms with Crippen molar-refractivity contribution in [3.8, 4) is 0 Å². The van der Waals surface area contributed by atoms with Crippen LogP contribution in [0.3, 0.4) is 0 Å². The Morgan fingerprint density at radius 3 is 2.78 bits per heavy atom. The van der Waals surface area contributed by atoms with Gasteiger partial charge < -0.3 is 4.90 Å². The van der Waals surface area contributed by atoms with E-state index in [9.17, 15) is 13.2 Å². The smallest absolute Gasteiger partial charge is 0.241 e. The molecule has 0 unspecified atom stereocenters. The van der Waals surface area contributed by atoms with Crippen molar-refractivity contribution in [3.05, 3.63) is 22.2 Å². The number of benzene rings is 1. The molecule has 150 valence electrons. The number of nitrogens with zero attached hydrogens (tertiary/aromatic N) is 2. The van der Waals surface area contributed by atoms with Crippen LogP contribution in [0, 0.1) is 0 Å². The number of anilines is 1. The van der Waals surface area contributed by atoms with Crippen molar-refractivity contribution >= 4 is 37.5 Å². The van der Waals surface area contributed by atoms with Crippen LogP contribution in [-0.2, 0) is 21.2 Å². The van der Waals surface area contributed by atoms with Gasteiger partial charge in [-0.3, -0.25) is 9.69 Å². The highest BCUT2D eigenvalue weighted by Gasteiger charge is 2.28. The second-order valence-electron chi connectivity index (χ2n) is 7.34. The van der Waals surface area contributed by atoms with Crippen molar-refractivity contribution in [2.45, 2.75) is 56.9 Å². The van der Waals surface area contributed by atoms with Crippen LogP contribution in [-0.4, -0.2) is 51.4 Å². The second-order valence-corrected chi connectivity index (χ2v) is 9.93. The fourth-order valence-electron chi connectivity index (χ4n) is 3.94. The van der Waals surface area contributed by atoms with Gasteiger partial charge in [-0.15, -0.1) is 0 Å². The number of carbonyl (C=O) groups excluding carboxylic acids is 1. The number of hydrogen-bond acceptors (Lipinski definition) is 4. The SMILES string of the molecule is CCC(=O)N1CCc2cc(Br)c(S(=O)(=O)NCCN3CCCC[C@H]3C)cc21. The Kier molecular flexibility index (Phi) is 6.61. The van der Waals surface area contributed by atoms with E-state index in [1.54, 1.807) is 11.0 Å². The number of hydrogen-bond donors (Lipinski definition) is 1. The van der Waals surface area contributed by atoms with E-state index in [4.69, 9.17) is 0 Å². The van der Waals surface area contributed by atoms with E-state index in [-0.39, 0.29) is 10.8 Å². The summed E-state index contributed by atoms with van der Waals surface area (Å²) >= 11 is 3.40. The fourth-order valence-corrected chi connectivity index (χ4v) is 6.06. The molecule has 8 heteroatoms. The van der Waals surface area contributed by atoms with E-state index < -0.39 is 10.0 Å². The van der Waals surface area contributed by atoms with E-state index in [0.717, 1.165) is 24.2 Å². The first-order valence-electron chi connectivity index (χ1n) is 9.70. The molecule has 1 saturated heterocycles. The molecule has 2 aliphatic heterocycles. The zero-order valence-electron chi connectivity index (χ0n) is 16.0. The minimum atomic E-state index is -3.65. The normalized spacial score (nSPS) is 20.7. The minimum absolute atomic E-state index is 0.0199. The molecule has 0 radical (unpaired) electrons. The molecule has 2 heterocycles. The van der Waals surface area contributed by atoms with Crippen LogP contribution in [0.5, 0.6) is 0 Å². The summed E-state index contributed by atoms with van der Waals surface area (Å²) in [6, 6.07) is 3.97. The van der Waals surface area contributed by atoms with Crippen LogP contribution in [0.1, 0.15) is 45.1 Å². The van der Waals surface area contributed by atoms with Gasteiger partial charge >= 0.3 is 0 Å². The van der Waals surface area contributed by atoms with Gasteiger partial charge in [-0.1, -0.05) is 13.3 Å². The maximum Gasteiger partial charge on any atom is 0.241 e. The first-order valence-corrected chi connectivity index (χ1v) is 12.0. The summed E-state index contributed by atoms with van der Waals surface area (Å²) in [5, 5.41) is 0. The molecule has 6 nitrogen and oxygen atoms in total. The molecule has 3 rings (SSSR count). The van der Waals surface area contributed by atoms with Crippen molar-refractivity contribution < 1.29 is 13.2 Å². The van der Waals surface area contributed by atoms with Crippen molar-refractivity contribution in [2.24, 2.45) is 0 Å². The number of amides is 1. The van der Waals surface area contributed by atoms with Gasteiger partial charge in [-0.05, 0) is 66.4 Å². The standard InChI is InChI=1S/C19H28BrN3O3S/c1-3-19(24)23-10-7-15-12-16(20)18(13-17(15)23)27(25,26)21-8-11-22-9-5-4-6-14(22)2/h12-14,21H,3-11H2,1-2H3/t14-/m1/s1. The highest BCUT2D eigenvalue weighted by atomic mass is 79.9. The second kappa shape index (κ2) is 8.59. The number of nitrogens with one attached hydrogen (secondary N) is 1. The lowest BCUT2D eigenvalue weighted by atomic mass is 10.0. The maximum absolute atomic E-state index is 12.9. The molecule has 1 atom stereocenters. The number of likely N-dealkylation sites (tertiary alicyclic amines) is 1. The van der Waals surface area contributed by atoms with Gasteiger partial charge in [0.2, 0.25) is 15.9 Å².